The lowest BCUT2D eigenvalue weighted by Gasteiger charge is -2.35. The first-order valence-electron chi connectivity index (χ1n) is 11.0. The number of ether oxygens (including phenoxy) is 1. The molecule has 7 nitrogen and oxygen atoms in total. The van der Waals surface area contributed by atoms with E-state index in [1.165, 1.54) is 12.8 Å². The van der Waals surface area contributed by atoms with Gasteiger partial charge in [0, 0.05) is 42.3 Å². The quantitative estimate of drug-likeness (QED) is 0.703. The molecule has 1 amide bonds. The van der Waals surface area contributed by atoms with Crippen LogP contribution in [-0.2, 0) is 16.0 Å². The molecule has 2 atom stereocenters. The van der Waals surface area contributed by atoms with Gasteiger partial charge in [0.05, 0.1) is 18.2 Å². The van der Waals surface area contributed by atoms with E-state index in [0.717, 1.165) is 53.2 Å². The van der Waals surface area contributed by atoms with E-state index in [9.17, 15) is 4.79 Å². The van der Waals surface area contributed by atoms with Gasteiger partial charge in [-0.15, -0.1) is 0 Å². The number of aromatic nitrogens is 3. The fourth-order valence-corrected chi connectivity index (χ4v) is 4.90. The van der Waals surface area contributed by atoms with Crippen LogP contribution in [0.1, 0.15) is 36.2 Å². The average molecular weight is 408 g/mol. The molecular formula is C23H29N5O2. The van der Waals surface area contributed by atoms with Crippen molar-refractivity contribution >= 4 is 22.5 Å². The number of rotatable bonds is 5. The van der Waals surface area contributed by atoms with Crippen molar-refractivity contribution < 1.29 is 9.53 Å². The molecule has 1 N–H and O–H groups in total. The maximum atomic E-state index is 12.5. The van der Waals surface area contributed by atoms with Crippen molar-refractivity contribution in [3.8, 4) is 0 Å². The Labute approximate surface area is 176 Å². The summed E-state index contributed by atoms with van der Waals surface area (Å²) in [7, 11) is 0. The normalized spacial score (nSPS) is 21.9. The number of morpholine rings is 1. The van der Waals surface area contributed by atoms with Gasteiger partial charge in [0.2, 0.25) is 5.91 Å². The summed E-state index contributed by atoms with van der Waals surface area (Å²) in [5, 5.41) is 8.82. The van der Waals surface area contributed by atoms with Crippen LogP contribution in [0.4, 0.5) is 0 Å². The summed E-state index contributed by atoms with van der Waals surface area (Å²) in [5.74, 6) is 0.0617. The number of carbonyl (C=O) groups excluding carboxylic acids is 1. The van der Waals surface area contributed by atoms with Crippen molar-refractivity contribution in [1.29, 1.82) is 0 Å². The number of hydrogen-bond acceptors (Lipinski definition) is 5. The summed E-state index contributed by atoms with van der Waals surface area (Å²) < 4.78 is 7.85. The molecule has 4 heterocycles. The minimum absolute atomic E-state index is 0.0617. The predicted molar refractivity (Wildman–Crippen MR) is 116 cm³/mol. The van der Waals surface area contributed by atoms with E-state index < -0.39 is 0 Å². The van der Waals surface area contributed by atoms with E-state index in [-0.39, 0.29) is 12.0 Å². The molecule has 3 aromatic rings. The summed E-state index contributed by atoms with van der Waals surface area (Å²) in [6.45, 7) is 7.55. The highest BCUT2D eigenvalue weighted by molar-refractivity contribution is 5.92. The molecule has 0 radical (unpaired) electrons. The van der Waals surface area contributed by atoms with Crippen LogP contribution in [0, 0.1) is 13.8 Å². The average Bonchev–Trinajstić information content (AvgIpc) is 3.36. The lowest BCUT2D eigenvalue weighted by atomic mass is 10.1. The number of nitrogens with one attached hydrogen (secondary N) is 1. The number of carbonyl (C=O) groups is 1. The number of aryl methyl sites for hydroxylation is 2. The zero-order valence-corrected chi connectivity index (χ0v) is 17.7. The SMILES string of the molecule is Cc1nc2c3ccccc3nn2c(C)c1CCC(=O)NC[C@H]1CN2CCC[C@@H]2CO1. The van der Waals surface area contributed by atoms with Crippen LogP contribution < -0.4 is 5.32 Å². The van der Waals surface area contributed by atoms with Gasteiger partial charge in [-0.1, -0.05) is 12.1 Å². The van der Waals surface area contributed by atoms with Crippen molar-refractivity contribution in [2.75, 3.05) is 26.2 Å². The van der Waals surface area contributed by atoms with Crippen LogP contribution in [0.15, 0.2) is 24.3 Å². The van der Waals surface area contributed by atoms with E-state index in [4.69, 9.17) is 14.8 Å². The number of fused-ring (bicyclic) bond motifs is 4. The van der Waals surface area contributed by atoms with E-state index in [1.807, 2.05) is 35.7 Å². The standard InChI is InChI=1S/C23H29N5O2/c1-15-19(16(2)28-23(25-15)20-7-3-4-8-21(20)26-28)9-10-22(29)24-12-18-13-27-11-5-6-17(27)14-30-18/h3-4,7-8,17-18H,5-6,9-14H2,1-2H3,(H,24,29)/t17-,18+/m1/s1. The molecule has 2 aliphatic heterocycles. The Hall–Kier alpha value is -2.51. The van der Waals surface area contributed by atoms with Gasteiger partial charge in [0.1, 0.15) is 0 Å². The molecule has 2 fully saturated rings. The van der Waals surface area contributed by atoms with Crippen LogP contribution in [0.2, 0.25) is 0 Å². The van der Waals surface area contributed by atoms with Crippen molar-refractivity contribution in [1.82, 2.24) is 24.8 Å². The summed E-state index contributed by atoms with van der Waals surface area (Å²) >= 11 is 0. The lowest BCUT2D eigenvalue weighted by molar-refractivity contribution is -0.122. The van der Waals surface area contributed by atoms with Crippen molar-refractivity contribution in [2.24, 2.45) is 0 Å². The molecule has 158 valence electrons. The monoisotopic (exact) mass is 407 g/mol. The Balaban J connectivity index is 1.22. The first-order chi connectivity index (χ1) is 14.6. The predicted octanol–water partition coefficient (Wildman–Crippen LogP) is 2.41. The van der Waals surface area contributed by atoms with Crippen LogP contribution in [0.25, 0.3) is 16.6 Å². The van der Waals surface area contributed by atoms with E-state index in [2.05, 4.69) is 17.1 Å². The van der Waals surface area contributed by atoms with E-state index in [1.54, 1.807) is 0 Å². The smallest absolute Gasteiger partial charge is 0.220 e. The number of hydrogen-bond donors (Lipinski definition) is 1. The van der Waals surface area contributed by atoms with Gasteiger partial charge < -0.3 is 10.1 Å². The molecule has 0 bridgehead atoms. The van der Waals surface area contributed by atoms with Gasteiger partial charge in [0.25, 0.3) is 0 Å². The second-order valence-electron chi connectivity index (χ2n) is 8.56. The van der Waals surface area contributed by atoms with Gasteiger partial charge in [-0.3, -0.25) is 9.69 Å². The van der Waals surface area contributed by atoms with Crippen LogP contribution in [0.3, 0.4) is 0 Å². The highest BCUT2D eigenvalue weighted by atomic mass is 16.5. The molecule has 30 heavy (non-hydrogen) atoms. The molecule has 2 aliphatic rings. The van der Waals surface area contributed by atoms with Gasteiger partial charge in [-0.05, 0) is 57.4 Å². The summed E-state index contributed by atoms with van der Waals surface area (Å²) in [6.07, 6.45) is 3.69. The molecule has 0 aliphatic carbocycles. The molecule has 0 spiro atoms. The van der Waals surface area contributed by atoms with E-state index in [0.29, 0.717) is 25.4 Å². The lowest BCUT2D eigenvalue weighted by Crippen LogP contribution is -2.50. The van der Waals surface area contributed by atoms with Gasteiger partial charge in [0.15, 0.2) is 5.65 Å². The molecule has 2 saturated heterocycles. The number of benzene rings is 1. The Kier molecular flexibility index (Phi) is 5.16. The Morgan fingerprint density at radius 1 is 1.30 bits per heavy atom. The zero-order chi connectivity index (χ0) is 20.7. The topological polar surface area (TPSA) is 71.8 Å². The molecule has 0 unspecified atom stereocenters. The summed E-state index contributed by atoms with van der Waals surface area (Å²) in [6, 6.07) is 8.64. The third-order valence-electron chi connectivity index (χ3n) is 6.61. The third kappa shape index (κ3) is 3.56. The van der Waals surface area contributed by atoms with Crippen molar-refractivity contribution in [2.45, 2.75) is 51.7 Å². The van der Waals surface area contributed by atoms with Crippen LogP contribution in [0.5, 0.6) is 0 Å². The van der Waals surface area contributed by atoms with Gasteiger partial charge in [-0.2, -0.15) is 5.10 Å². The van der Waals surface area contributed by atoms with Crippen LogP contribution >= 0.6 is 0 Å². The Morgan fingerprint density at radius 2 is 2.17 bits per heavy atom. The summed E-state index contributed by atoms with van der Waals surface area (Å²) in [5.41, 5.74) is 4.93. The second-order valence-corrected chi connectivity index (χ2v) is 8.56. The molecular weight excluding hydrogens is 378 g/mol. The van der Waals surface area contributed by atoms with Gasteiger partial charge >= 0.3 is 0 Å². The first-order valence-corrected chi connectivity index (χ1v) is 11.0. The highest BCUT2D eigenvalue weighted by Crippen LogP contribution is 2.24. The fourth-order valence-electron chi connectivity index (χ4n) is 4.90. The summed E-state index contributed by atoms with van der Waals surface area (Å²) in [4.78, 5) is 19.8. The molecule has 1 aromatic carbocycles. The molecule has 0 saturated carbocycles. The zero-order valence-electron chi connectivity index (χ0n) is 17.7. The highest BCUT2D eigenvalue weighted by Gasteiger charge is 2.32. The van der Waals surface area contributed by atoms with E-state index >= 15 is 0 Å². The maximum Gasteiger partial charge on any atom is 0.220 e. The van der Waals surface area contributed by atoms with Crippen molar-refractivity contribution in [3.63, 3.8) is 0 Å². The largest absolute Gasteiger partial charge is 0.373 e. The first kappa shape index (κ1) is 19.5. The Bertz CT molecular complexity index is 1090. The third-order valence-corrected chi connectivity index (χ3v) is 6.61. The van der Waals surface area contributed by atoms with Gasteiger partial charge in [-0.25, -0.2) is 9.50 Å². The fraction of sp³-hybridized carbons (Fsp3) is 0.522. The number of amides is 1. The van der Waals surface area contributed by atoms with Crippen molar-refractivity contribution in [3.05, 3.63) is 41.2 Å². The van der Waals surface area contributed by atoms with Crippen LogP contribution in [-0.4, -0.2) is 63.8 Å². The molecule has 7 heteroatoms. The second kappa shape index (κ2) is 7.96. The maximum absolute atomic E-state index is 12.5. The molecule has 2 aromatic heterocycles. The molecule has 5 rings (SSSR count). The minimum Gasteiger partial charge on any atom is -0.373 e. The Morgan fingerprint density at radius 3 is 3.07 bits per heavy atom. The number of nitrogens with zero attached hydrogens (tertiary/aromatic N) is 4. The minimum atomic E-state index is 0.0617.